The van der Waals surface area contributed by atoms with Crippen molar-refractivity contribution >= 4 is 5.97 Å². The summed E-state index contributed by atoms with van der Waals surface area (Å²) >= 11 is 0. The summed E-state index contributed by atoms with van der Waals surface area (Å²) in [5.74, 6) is -0.366. The number of aromatic nitrogens is 1. The lowest BCUT2D eigenvalue weighted by atomic mass is 10.2. The van der Waals surface area contributed by atoms with Crippen molar-refractivity contribution in [1.29, 1.82) is 0 Å². The Balaban J connectivity index is 1.88. The minimum atomic E-state index is -1.19. The molecule has 0 unspecified atom stereocenters. The summed E-state index contributed by atoms with van der Waals surface area (Å²) < 4.78 is 7.09. The molecular formula is C17H19NO4. The second-order valence-corrected chi connectivity index (χ2v) is 5.02. The van der Waals surface area contributed by atoms with Crippen molar-refractivity contribution < 1.29 is 14.6 Å². The van der Waals surface area contributed by atoms with E-state index in [2.05, 4.69) is 0 Å². The fraction of sp³-hybridized carbons (Fsp3) is 0.294. The van der Waals surface area contributed by atoms with Gasteiger partial charge in [-0.3, -0.25) is 4.79 Å². The summed E-state index contributed by atoms with van der Waals surface area (Å²) in [5.41, 5.74) is 0.126. The van der Waals surface area contributed by atoms with E-state index in [9.17, 15) is 9.59 Å². The first-order valence-electron chi connectivity index (χ1n) is 7.21. The number of hydrogen-bond donors (Lipinski definition) is 1. The fourth-order valence-corrected chi connectivity index (χ4v) is 2.19. The molecule has 0 spiro atoms. The van der Waals surface area contributed by atoms with E-state index in [1.807, 2.05) is 30.3 Å². The SMILES string of the molecule is Cc1ccc(C(=O)O)c(=O)n1CCCCOc1ccccc1. The number of para-hydroxylation sites is 1. The third kappa shape index (κ3) is 3.97. The van der Waals surface area contributed by atoms with Crippen LogP contribution < -0.4 is 10.3 Å². The maximum atomic E-state index is 12.1. The third-order valence-corrected chi connectivity index (χ3v) is 3.41. The monoisotopic (exact) mass is 301 g/mol. The van der Waals surface area contributed by atoms with Crippen LogP contribution in [0.15, 0.2) is 47.3 Å². The first-order chi connectivity index (χ1) is 10.6. The van der Waals surface area contributed by atoms with Crippen LogP contribution in [0.2, 0.25) is 0 Å². The van der Waals surface area contributed by atoms with Crippen molar-refractivity contribution in [2.24, 2.45) is 0 Å². The van der Waals surface area contributed by atoms with Gasteiger partial charge >= 0.3 is 5.97 Å². The molecule has 2 aromatic rings. The molecule has 0 aliphatic rings. The predicted molar refractivity (Wildman–Crippen MR) is 83.6 cm³/mol. The van der Waals surface area contributed by atoms with Crippen LogP contribution in [0.25, 0.3) is 0 Å². The van der Waals surface area contributed by atoms with Gasteiger partial charge in [-0.05, 0) is 44.0 Å². The highest BCUT2D eigenvalue weighted by Crippen LogP contribution is 2.09. The van der Waals surface area contributed by atoms with E-state index in [1.54, 1.807) is 13.0 Å². The van der Waals surface area contributed by atoms with Gasteiger partial charge in [-0.1, -0.05) is 18.2 Å². The highest BCUT2D eigenvalue weighted by molar-refractivity contribution is 5.87. The molecule has 1 heterocycles. The van der Waals surface area contributed by atoms with Gasteiger partial charge in [0.05, 0.1) is 6.61 Å². The molecule has 22 heavy (non-hydrogen) atoms. The number of benzene rings is 1. The summed E-state index contributed by atoms with van der Waals surface area (Å²) in [6, 6.07) is 12.6. The molecule has 116 valence electrons. The van der Waals surface area contributed by atoms with Gasteiger partial charge in [0.25, 0.3) is 5.56 Å². The van der Waals surface area contributed by atoms with Gasteiger partial charge < -0.3 is 14.4 Å². The minimum absolute atomic E-state index is 0.189. The Morgan fingerprint density at radius 1 is 1.14 bits per heavy atom. The van der Waals surface area contributed by atoms with Gasteiger partial charge in [0.15, 0.2) is 0 Å². The fourth-order valence-electron chi connectivity index (χ4n) is 2.19. The number of aryl methyl sites for hydroxylation is 1. The molecule has 1 aromatic carbocycles. The van der Waals surface area contributed by atoms with Crippen molar-refractivity contribution in [2.45, 2.75) is 26.3 Å². The molecule has 2 rings (SSSR count). The van der Waals surface area contributed by atoms with Crippen LogP contribution in [0.3, 0.4) is 0 Å². The molecule has 5 heteroatoms. The summed E-state index contributed by atoms with van der Waals surface area (Å²) in [5, 5.41) is 8.98. The van der Waals surface area contributed by atoms with E-state index in [4.69, 9.17) is 9.84 Å². The second-order valence-electron chi connectivity index (χ2n) is 5.02. The number of rotatable bonds is 7. The van der Waals surface area contributed by atoms with Gasteiger partial charge in [-0.25, -0.2) is 4.79 Å². The van der Waals surface area contributed by atoms with E-state index in [0.717, 1.165) is 24.3 Å². The normalized spacial score (nSPS) is 10.4. The van der Waals surface area contributed by atoms with E-state index in [1.165, 1.54) is 10.6 Å². The van der Waals surface area contributed by atoms with Crippen molar-refractivity contribution in [2.75, 3.05) is 6.61 Å². The molecule has 0 saturated heterocycles. The Labute approximate surface area is 128 Å². The Morgan fingerprint density at radius 3 is 2.55 bits per heavy atom. The summed E-state index contributed by atoms with van der Waals surface area (Å²) in [4.78, 5) is 23.1. The highest BCUT2D eigenvalue weighted by atomic mass is 16.5. The first kappa shape index (κ1) is 15.8. The van der Waals surface area contributed by atoms with Gasteiger partial charge in [0.2, 0.25) is 0 Å². The first-order valence-corrected chi connectivity index (χ1v) is 7.21. The number of carbonyl (C=O) groups is 1. The number of nitrogens with zero attached hydrogens (tertiary/aromatic N) is 1. The average Bonchev–Trinajstić information content (AvgIpc) is 2.50. The Hall–Kier alpha value is -2.56. The van der Waals surface area contributed by atoms with Crippen LogP contribution in [-0.4, -0.2) is 22.2 Å². The van der Waals surface area contributed by atoms with E-state index >= 15 is 0 Å². The predicted octanol–water partition coefficient (Wildman–Crippen LogP) is 2.71. The molecular weight excluding hydrogens is 282 g/mol. The largest absolute Gasteiger partial charge is 0.494 e. The number of unbranched alkanes of at least 4 members (excludes halogenated alkanes) is 1. The van der Waals surface area contributed by atoms with Gasteiger partial charge in [0, 0.05) is 12.2 Å². The zero-order valence-electron chi connectivity index (χ0n) is 12.5. The zero-order chi connectivity index (χ0) is 15.9. The van der Waals surface area contributed by atoms with E-state index < -0.39 is 11.5 Å². The Bertz CT molecular complexity index is 692. The number of carboxylic acids is 1. The lowest BCUT2D eigenvalue weighted by Gasteiger charge is -2.11. The molecule has 0 bridgehead atoms. The summed E-state index contributed by atoms with van der Waals surface area (Å²) in [6.45, 7) is 2.86. The molecule has 0 radical (unpaired) electrons. The van der Waals surface area contributed by atoms with Gasteiger partial charge in [0.1, 0.15) is 11.3 Å². The van der Waals surface area contributed by atoms with Crippen molar-refractivity contribution in [1.82, 2.24) is 4.57 Å². The Kier molecular flexibility index (Phi) is 5.36. The molecule has 1 N–H and O–H groups in total. The summed E-state index contributed by atoms with van der Waals surface area (Å²) in [6.07, 6.45) is 1.54. The standard InChI is InChI=1S/C17H19NO4/c1-13-9-10-15(17(20)21)16(19)18(13)11-5-6-12-22-14-7-3-2-4-8-14/h2-4,7-10H,5-6,11-12H2,1H3,(H,20,21). The average molecular weight is 301 g/mol. The molecule has 1 aromatic heterocycles. The lowest BCUT2D eigenvalue weighted by Crippen LogP contribution is -2.28. The van der Waals surface area contributed by atoms with Crippen LogP contribution in [-0.2, 0) is 6.54 Å². The number of carboxylic acid groups (broad SMARTS) is 1. The van der Waals surface area contributed by atoms with Crippen LogP contribution in [0.5, 0.6) is 5.75 Å². The lowest BCUT2D eigenvalue weighted by molar-refractivity contribution is 0.0694. The van der Waals surface area contributed by atoms with Gasteiger partial charge in [-0.2, -0.15) is 0 Å². The molecule has 0 aliphatic carbocycles. The molecule has 0 amide bonds. The minimum Gasteiger partial charge on any atom is -0.494 e. The maximum Gasteiger partial charge on any atom is 0.341 e. The van der Waals surface area contributed by atoms with E-state index in [0.29, 0.717) is 13.2 Å². The number of aromatic carboxylic acids is 1. The zero-order valence-corrected chi connectivity index (χ0v) is 12.5. The molecule has 0 atom stereocenters. The number of pyridine rings is 1. The molecule has 0 saturated carbocycles. The highest BCUT2D eigenvalue weighted by Gasteiger charge is 2.11. The van der Waals surface area contributed by atoms with Crippen LogP contribution in [0.1, 0.15) is 28.9 Å². The van der Waals surface area contributed by atoms with Crippen LogP contribution in [0, 0.1) is 6.92 Å². The van der Waals surface area contributed by atoms with E-state index in [-0.39, 0.29) is 5.56 Å². The van der Waals surface area contributed by atoms with Crippen LogP contribution in [0.4, 0.5) is 0 Å². The Morgan fingerprint density at radius 2 is 1.86 bits per heavy atom. The topological polar surface area (TPSA) is 68.5 Å². The van der Waals surface area contributed by atoms with Crippen molar-refractivity contribution in [3.63, 3.8) is 0 Å². The number of hydrogen-bond acceptors (Lipinski definition) is 3. The summed E-state index contributed by atoms with van der Waals surface area (Å²) in [7, 11) is 0. The van der Waals surface area contributed by atoms with Crippen molar-refractivity contribution in [3.05, 3.63) is 64.1 Å². The van der Waals surface area contributed by atoms with Gasteiger partial charge in [-0.15, -0.1) is 0 Å². The second kappa shape index (κ2) is 7.45. The molecule has 0 aliphatic heterocycles. The molecule has 5 nitrogen and oxygen atoms in total. The smallest absolute Gasteiger partial charge is 0.341 e. The maximum absolute atomic E-state index is 12.1. The third-order valence-electron chi connectivity index (χ3n) is 3.41. The van der Waals surface area contributed by atoms with Crippen molar-refractivity contribution in [3.8, 4) is 5.75 Å². The quantitative estimate of drug-likeness (QED) is 0.798. The van der Waals surface area contributed by atoms with Crippen LogP contribution >= 0.6 is 0 Å². The number of ether oxygens (including phenoxy) is 1. The molecule has 0 fully saturated rings.